The summed E-state index contributed by atoms with van der Waals surface area (Å²) in [6.45, 7) is 1.61. The lowest BCUT2D eigenvalue weighted by molar-refractivity contribution is -0.144. The number of aliphatic hydroxyl groups excluding tert-OH is 1. The number of allylic oxidation sites excluding steroid dienone is 1. The summed E-state index contributed by atoms with van der Waals surface area (Å²) in [6, 6.07) is 7.25. The molecule has 0 fully saturated rings. The zero-order valence-corrected chi connectivity index (χ0v) is 10.1. The largest absolute Gasteiger partial charge is 0.476 e. The number of aliphatic hydroxyl groups is 1. The number of nitrogens with zero attached hydrogens (tertiary/aromatic N) is 1. The van der Waals surface area contributed by atoms with Gasteiger partial charge in [-0.15, -0.1) is 0 Å². The van der Waals surface area contributed by atoms with Gasteiger partial charge in [-0.2, -0.15) is 10.0 Å². The van der Waals surface area contributed by atoms with E-state index < -0.39 is 12.1 Å². The molecule has 0 aromatic heterocycles. The summed E-state index contributed by atoms with van der Waals surface area (Å²) in [5, 5.41) is 20.4. The molecule has 0 amide bonds. The average molecular weight is 260 g/mol. The van der Waals surface area contributed by atoms with Gasteiger partial charge in [0.1, 0.15) is 6.10 Å². The summed E-state index contributed by atoms with van der Waals surface area (Å²) in [4.78, 5) is 16.4. The molecule has 1 heterocycles. The molecule has 19 heavy (non-hydrogen) atoms. The number of benzene rings is 1. The van der Waals surface area contributed by atoms with Gasteiger partial charge in [-0.05, 0) is 18.6 Å². The van der Waals surface area contributed by atoms with Crippen LogP contribution in [-0.4, -0.2) is 21.2 Å². The van der Waals surface area contributed by atoms with Crippen LogP contribution in [-0.2, 0) is 9.73 Å². The van der Waals surface area contributed by atoms with Crippen LogP contribution < -0.4 is 5.48 Å². The van der Waals surface area contributed by atoms with Crippen LogP contribution in [0.4, 0.5) is 0 Å². The van der Waals surface area contributed by atoms with E-state index in [2.05, 4.69) is 5.48 Å². The molecule has 0 saturated heterocycles. The van der Waals surface area contributed by atoms with Gasteiger partial charge >= 0.3 is 5.97 Å². The predicted octanol–water partition coefficient (Wildman–Crippen LogP) is 1.14. The predicted molar refractivity (Wildman–Crippen MR) is 65.8 cm³/mol. The first-order chi connectivity index (χ1) is 9.09. The maximum absolute atomic E-state index is 11.3. The van der Waals surface area contributed by atoms with Crippen molar-refractivity contribution in [2.75, 3.05) is 0 Å². The maximum atomic E-state index is 11.3. The topological polar surface area (TPSA) is 82.0 Å². The number of carboxylic acids is 1. The first-order valence-electron chi connectivity index (χ1n) is 5.76. The van der Waals surface area contributed by atoms with E-state index in [1.165, 1.54) is 5.06 Å². The third-order valence-electron chi connectivity index (χ3n) is 3.14. The first-order valence-corrected chi connectivity index (χ1v) is 5.76. The normalized spacial score (nSPS) is 21.3. The van der Waals surface area contributed by atoms with Crippen LogP contribution in [0.3, 0.4) is 0 Å². The molecule has 6 heteroatoms. The van der Waals surface area contributed by atoms with Crippen LogP contribution in [0.2, 0.25) is 0 Å². The van der Waals surface area contributed by atoms with Crippen LogP contribution in [0.5, 0.6) is 0 Å². The van der Waals surface area contributed by atoms with Crippen molar-refractivity contribution >= 4 is 11.7 Å². The molecule has 0 saturated carbocycles. The summed E-state index contributed by atoms with van der Waals surface area (Å²) in [5.41, 5.74) is 4.95. The Bertz CT molecular complexity index is 621. The Morgan fingerprint density at radius 2 is 2.16 bits per heavy atom. The Balaban J connectivity index is 2.06. The van der Waals surface area contributed by atoms with Crippen molar-refractivity contribution < 1.29 is 19.9 Å². The minimum Gasteiger partial charge on any atom is -0.476 e. The number of hydroxylamine groups is 3. The van der Waals surface area contributed by atoms with Crippen molar-refractivity contribution in [2.45, 2.75) is 13.0 Å². The molecule has 1 unspecified atom stereocenters. The number of rotatable bonds is 2. The molecule has 0 spiro atoms. The highest BCUT2D eigenvalue weighted by Gasteiger charge is 2.34. The SMILES string of the molecule is CC1=C(C(=O)O)N(C2=CC(O)c3ccccc32)ON1. The minimum absolute atomic E-state index is 0.00940. The van der Waals surface area contributed by atoms with E-state index in [1.807, 2.05) is 18.2 Å². The molecule has 0 radical (unpaired) electrons. The quantitative estimate of drug-likeness (QED) is 0.739. The van der Waals surface area contributed by atoms with Gasteiger partial charge in [-0.25, -0.2) is 10.3 Å². The zero-order valence-electron chi connectivity index (χ0n) is 10.1. The second-order valence-electron chi connectivity index (χ2n) is 4.35. The number of nitrogens with one attached hydrogen (secondary N) is 1. The molecular formula is C13H12N2O4. The fraction of sp³-hybridized carbons (Fsp3) is 0.154. The highest BCUT2D eigenvalue weighted by molar-refractivity contribution is 5.90. The first kappa shape index (κ1) is 11.8. The Kier molecular flexibility index (Phi) is 2.55. The molecule has 6 nitrogen and oxygen atoms in total. The number of fused-ring (bicyclic) bond motifs is 1. The van der Waals surface area contributed by atoms with Crippen molar-refractivity contribution in [1.29, 1.82) is 0 Å². The van der Waals surface area contributed by atoms with Gasteiger partial charge in [0.05, 0.1) is 11.4 Å². The molecule has 2 aliphatic rings. The smallest absolute Gasteiger partial charge is 0.356 e. The maximum Gasteiger partial charge on any atom is 0.356 e. The van der Waals surface area contributed by atoms with E-state index in [0.717, 1.165) is 11.1 Å². The molecule has 1 aromatic carbocycles. The van der Waals surface area contributed by atoms with Crippen LogP contribution in [0, 0.1) is 0 Å². The number of carboxylic acid groups (broad SMARTS) is 1. The van der Waals surface area contributed by atoms with E-state index in [9.17, 15) is 15.0 Å². The third-order valence-corrected chi connectivity index (χ3v) is 3.14. The number of carbonyl (C=O) groups is 1. The van der Waals surface area contributed by atoms with Crippen LogP contribution in [0.25, 0.3) is 5.70 Å². The van der Waals surface area contributed by atoms with E-state index in [4.69, 9.17) is 4.94 Å². The van der Waals surface area contributed by atoms with Gasteiger partial charge in [0, 0.05) is 5.56 Å². The number of aliphatic carboxylic acids is 1. The van der Waals surface area contributed by atoms with E-state index >= 15 is 0 Å². The Morgan fingerprint density at radius 1 is 1.42 bits per heavy atom. The van der Waals surface area contributed by atoms with E-state index in [1.54, 1.807) is 19.1 Å². The van der Waals surface area contributed by atoms with Crippen molar-refractivity contribution in [3.05, 3.63) is 52.9 Å². The van der Waals surface area contributed by atoms with Crippen LogP contribution in [0.1, 0.15) is 24.2 Å². The fourth-order valence-corrected chi connectivity index (χ4v) is 2.27. The van der Waals surface area contributed by atoms with Crippen molar-refractivity contribution in [3.63, 3.8) is 0 Å². The van der Waals surface area contributed by atoms with Crippen molar-refractivity contribution in [2.24, 2.45) is 0 Å². The van der Waals surface area contributed by atoms with Gasteiger partial charge in [-0.1, -0.05) is 24.3 Å². The molecule has 0 bridgehead atoms. The van der Waals surface area contributed by atoms with Gasteiger partial charge in [0.25, 0.3) is 0 Å². The lowest BCUT2D eigenvalue weighted by Crippen LogP contribution is -2.23. The number of hydrogen-bond donors (Lipinski definition) is 3. The summed E-state index contributed by atoms with van der Waals surface area (Å²) >= 11 is 0. The zero-order chi connectivity index (χ0) is 13.6. The highest BCUT2D eigenvalue weighted by atomic mass is 16.8. The molecule has 1 aliphatic heterocycles. The van der Waals surface area contributed by atoms with Gasteiger partial charge in [0.15, 0.2) is 5.70 Å². The summed E-state index contributed by atoms with van der Waals surface area (Å²) in [6.07, 6.45) is 0.805. The summed E-state index contributed by atoms with van der Waals surface area (Å²) in [5.74, 6) is -1.10. The molecule has 1 aliphatic carbocycles. The van der Waals surface area contributed by atoms with Gasteiger partial charge in [-0.3, -0.25) is 0 Å². The number of hydrogen-bond acceptors (Lipinski definition) is 5. The van der Waals surface area contributed by atoms with Gasteiger partial charge < -0.3 is 10.2 Å². The molecule has 1 aromatic rings. The van der Waals surface area contributed by atoms with Crippen molar-refractivity contribution in [1.82, 2.24) is 10.5 Å². The fourth-order valence-electron chi connectivity index (χ4n) is 2.27. The second-order valence-corrected chi connectivity index (χ2v) is 4.35. The third kappa shape index (κ3) is 1.69. The van der Waals surface area contributed by atoms with E-state index in [-0.39, 0.29) is 5.70 Å². The monoisotopic (exact) mass is 260 g/mol. The minimum atomic E-state index is -1.10. The molecule has 3 rings (SSSR count). The van der Waals surface area contributed by atoms with Crippen molar-refractivity contribution in [3.8, 4) is 0 Å². The molecule has 98 valence electrons. The lowest BCUT2D eigenvalue weighted by atomic mass is 10.1. The van der Waals surface area contributed by atoms with Crippen LogP contribution in [0.15, 0.2) is 41.7 Å². The Morgan fingerprint density at radius 3 is 2.89 bits per heavy atom. The van der Waals surface area contributed by atoms with Crippen LogP contribution >= 0.6 is 0 Å². The average Bonchev–Trinajstić information content (AvgIpc) is 2.91. The summed E-state index contributed by atoms with van der Waals surface area (Å²) in [7, 11) is 0. The molecular weight excluding hydrogens is 248 g/mol. The summed E-state index contributed by atoms with van der Waals surface area (Å²) < 4.78 is 0. The lowest BCUT2D eigenvalue weighted by Gasteiger charge is -2.18. The Labute approximate surface area is 109 Å². The van der Waals surface area contributed by atoms with Gasteiger partial charge in [0.2, 0.25) is 0 Å². The highest BCUT2D eigenvalue weighted by Crippen LogP contribution is 2.39. The molecule has 3 N–H and O–H groups in total. The standard InChI is InChI=1S/C13H12N2O4/c1-7-12(13(17)18)15(19-14-7)10-6-11(16)9-5-3-2-4-8(9)10/h2-6,11,14,16H,1H3,(H,17,18). The molecule has 1 atom stereocenters. The Hall–Kier alpha value is -2.31. The van der Waals surface area contributed by atoms with E-state index in [0.29, 0.717) is 11.4 Å². The second kappa shape index (κ2) is 4.11.